The molecule has 0 unspecified atom stereocenters. The molecule has 0 bridgehead atoms. The fraction of sp³-hybridized carbons (Fsp3) is 0.833. The van der Waals surface area contributed by atoms with E-state index < -0.39 is 0 Å². The van der Waals surface area contributed by atoms with Crippen molar-refractivity contribution in [1.82, 2.24) is 5.06 Å². The molecule has 0 heterocycles. The standard InChI is InChI=1S/C6H13NO2.4Na.4H/c1-4-7(5-2)9-6(3)8;;;;;;;;/h4-5H2,1-3H3;;;;;;;;. The second-order valence-electron chi connectivity index (χ2n) is 1.70. The molecular formula is C6H17NNa4O2. The molecule has 0 radical (unpaired) electrons. The van der Waals surface area contributed by atoms with E-state index in [0.29, 0.717) is 0 Å². The summed E-state index contributed by atoms with van der Waals surface area (Å²) in [7, 11) is 0. The topological polar surface area (TPSA) is 29.5 Å². The zero-order valence-electron chi connectivity index (χ0n) is 6.18. The number of rotatable bonds is 3. The summed E-state index contributed by atoms with van der Waals surface area (Å²) in [6.45, 7) is 6.77. The Bertz CT molecular complexity index is 101. The summed E-state index contributed by atoms with van der Waals surface area (Å²) >= 11 is 0. The Morgan fingerprint density at radius 3 is 1.46 bits per heavy atom. The molecule has 0 N–H and O–H groups in total. The fourth-order valence-corrected chi connectivity index (χ4v) is 0.535. The third-order valence-corrected chi connectivity index (χ3v) is 0.963. The molecule has 0 rings (SSSR count). The van der Waals surface area contributed by atoms with Gasteiger partial charge in [0.25, 0.3) is 0 Å². The number of hydroxylamine groups is 2. The van der Waals surface area contributed by atoms with Crippen LogP contribution in [0.1, 0.15) is 20.8 Å². The first kappa shape index (κ1) is 29.9. The van der Waals surface area contributed by atoms with Crippen LogP contribution in [0.15, 0.2) is 0 Å². The molecular weight excluding hydrogens is 210 g/mol. The Labute approximate surface area is 169 Å². The van der Waals surface area contributed by atoms with Crippen LogP contribution in [0.5, 0.6) is 0 Å². The zero-order chi connectivity index (χ0) is 7.28. The molecule has 0 aliphatic carbocycles. The van der Waals surface area contributed by atoms with Crippen molar-refractivity contribution in [3.8, 4) is 0 Å². The number of hydrogen-bond donors (Lipinski definition) is 0. The van der Waals surface area contributed by atoms with Crippen LogP contribution in [0.4, 0.5) is 0 Å². The Kier molecular flexibility index (Phi) is 47.9. The summed E-state index contributed by atoms with van der Waals surface area (Å²) in [5, 5.41) is 1.60. The van der Waals surface area contributed by atoms with Gasteiger partial charge in [0.1, 0.15) is 0 Å². The van der Waals surface area contributed by atoms with Crippen molar-refractivity contribution < 1.29 is 9.63 Å². The molecule has 0 aromatic carbocycles. The first-order valence-corrected chi connectivity index (χ1v) is 3.14. The third kappa shape index (κ3) is 21.3. The summed E-state index contributed by atoms with van der Waals surface area (Å²) in [6, 6.07) is 0. The van der Waals surface area contributed by atoms with Gasteiger partial charge in [0.2, 0.25) is 0 Å². The Balaban J connectivity index is -0.0000000533. The molecule has 62 valence electrons. The van der Waals surface area contributed by atoms with Crippen molar-refractivity contribution in [2.45, 2.75) is 20.8 Å². The average molecular weight is 227 g/mol. The van der Waals surface area contributed by atoms with Crippen LogP contribution in [0.2, 0.25) is 0 Å². The molecule has 0 aliphatic heterocycles. The Morgan fingerprint density at radius 2 is 1.38 bits per heavy atom. The van der Waals surface area contributed by atoms with Crippen LogP contribution in [0.25, 0.3) is 0 Å². The fourth-order valence-electron chi connectivity index (χ4n) is 0.535. The van der Waals surface area contributed by atoms with E-state index in [1.165, 1.54) is 6.92 Å². The van der Waals surface area contributed by atoms with Gasteiger partial charge < -0.3 is 4.84 Å². The van der Waals surface area contributed by atoms with E-state index in [0.717, 1.165) is 13.1 Å². The molecule has 3 nitrogen and oxygen atoms in total. The van der Waals surface area contributed by atoms with E-state index >= 15 is 0 Å². The van der Waals surface area contributed by atoms with E-state index in [1.54, 1.807) is 5.06 Å². The minimum atomic E-state index is -0.251. The first-order valence-electron chi connectivity index (χ1n) is 3.14. The maximum absolute atomic E-state index is 10.3. The van der Waals surface area contributed by atoms with Crippen LogP contribution in [0, 0.1) is 0 Å². The maximum atomic E-state index is 10.3. The zero-order valence-corrected chi connectivity index (χ0v) is 6.18. The Hall–Kier alpha value is 3.43. The number of nitrogens with zero attached hydrogens (tertiary/aromatic N) is 1. The van der Waals surface area contributed by atoms with E-state index in [4.69, 9.17) is 4.84 Å². The minimum absolute atomic E-state index is 0. The molecule has 13 heavy (non-hydrogen) atoms. The van der Waals surface area contributed by atoms with Gasteiger partial charge in [-0.05, 0) is 13.8 Å². The van der Waals surface area contributed by atoms with Gasteiger partial charge in [-0.3, -0.25) is 4.79 Å². The van der Waals surface area contributed by atoms with Gasteiger partial charge in [0, 0.05) is 20.0 Å². The summed E-state index contributed by atoms with van der Waals surface area (Å²) in [5.74, 6) is -0.251. The van der Waals surface area contributed by atoms with Crippen LogP contribution in [-0.2, 0) is 9.63 Å². The van der Waals surface area contributed by atoms with Crippen molar-refractivity contribution in [3.05, 3.63) is 0 Å². The van der Waals surface area contributed by atoms with E-state index in [2.05, 4.69) is 0 Å². The molecule has 0 atom stereocenters. The van der Waals surface area contributed by atoms with Crippen molar-refractivity contribution in [2.75, 3.05) is 13.1 Å². The van der Waals surface area contributed by atoms with E-state index in [1.807, 2.05) is 13.8 Å². The number of hydrogen-bond acceptors (Lipinski definition) is 3. The van der Waals surface area contributed by atoms with Gasteiger partial charge in [-0.1, -0.05) is 0 Å². The van der Waals surface area contributed by atoms with Crippen LogP contribution >= 0.6 is 0 Å². The summed E-state index contributed by atoms with van der Waals surface area (Å²) in [5.41, 5.74) is 0. The molecule has 0 saturated carbocycles. The predicted molar refractivity (Wildman–Crippen MR) is 63.3 cm³/mol. The molecule has 0 spiro atoms. The van der Waals surface area contributed by atoms with Gasteiger partial charge in [-0.15, -0.1) is 5.06 Å². The predicted octanol–water partition coefficient (Wildman–Crippen LogP) is -1.79. The van der Waals surface area contributed by atoms with Crippen molar-refractivity contribution >= 4 is 124 Å². The number of carbonyl (C=O) groups is 1. The normalized spacial score (nSPS) is 6.77. The summed E-state index contributed by atoms with van der Waals surface area (Å²) in [6.07, 6.45) is 0. The molecule has 0 aromatic heterocycles. The van der Waals surface area contributed by atoms with E-state index in [9.17, 15) is 4.79 Å². The summed E-state index contributed by atoms with van der Waals surface area (Å²) in [4.78, 5) is 15.1. The average Bonchev–Trinajstić information content (AvgIpc) is 1.82. The van der Waals surface area contributed by atoms with Crippen molar-refractivity contribution in [3.63, 3.8) is 0 Å². The quantitative estimate of drug-likeness (QED) is 0.421. The summed E-state index contributed by atoms with van der Waals surface area (Å²) < 4.78 is 0. The Morgan fingerprint density at radius 1 is 1.08 bits per heavy atom. The molecule has 0 amide bonds. The molecule has 0 fully saturated rings. The van der Waals surface area contributed by atoms with E-state index in [-0.39, 0.29) is 124 Å². The van der Waals surface area contributed by atoms with Crippen LogP contribution in [-0.4, -0.2) is 142 Å². The molecule has 0 aliphatic rings. The molecule has 0 aromatic rings. The van der Waals surface area contributed by atoms with Crippen LogP contribution in [0.3, 0.4) is 0 Å². The second kappa shape index (κ2) is 20.8. The van der Waals surface area contributed by atoms with Gasteiger partial charge in [0.15, 0.2) is 0 Å². The first-order chi connectivity index (χ1) is 4.20. The molecule has 7 heteroatoms. The van der Waals surface area contributed by atoms with Gasteiger partial charge in [-0.25, -0.2) is 0 Å². The SMILES string of the molecule is CCN(CC)OC(C)=O.[NaH].[NaH].[NaH].[NaH]. The van der Waals surface area contributed by atoms with Gasteiger partial charge >= 0.3 is 124 Å². The monoisotopic (exact) mass is 227 g/mol. The van der Waals surface area contributed by atoms with Gasteiger partial charge in [-0.2, -0.15) is 0 Å². The van der Waals surface area contributed by atoms with Crippen LogP contribution < -0.4 is 0 Å². The van der Waals surface area contributed by atoms with Crippen molar-refractivity contribution in [2.24, 2.45) is 0 Å². The van der Waals surface area contributed by atoms with Crippen molar-refractivity contribution in [1.29, 1.82) is 0 Å². The molecule has 0 saturated heterocycles. The third-order valence-electron chi connectivity index (χ3n) is 0.963. The number of carbonyl (C=O) groups excluding carboxylic acids is 1. The second-order valence-corrected chi connectivity index (χ2v) is 1.70. The van der Waals surface area contributed by atoms with Gasteiger partial charge in [0.05, 0.1) is 0 Å².